The molecule has 0 saturated carbocycles. The number of amides is 2. The molecule has 0 radical (unpaired) electrons. The first-order chi connectivity index (χ1) is 7.06. The Balaban J connectivity index is 3.94. The summed E-state index contributed by atoms with van der Waals surface area (Å²) in [6.07, 6.45) is 0. The van der Waals surface area contributed by atoms with E-state index < -0.39 is 0 Å². The van der Waals surface area contributed by atoms with Gasteiger partial charge in [0.1, 0.15) is 0 Å². The Kier molecular flexibility index (Phi) is 6.70. The summed E-state index contributed by atoms with van der Waals surface area (Å²) in [5.74, 6) is -0.468. The molecule has 0 aliphatic rings. The van der Waals surface area contributed by atoms with Crippen molar-refractivity contribution in [3.63, 3.8) is 0 Å². The summed E-state index contributed by atoms with van der Waals surface area (Å²) in [5.41, 5.74) is 5.34. The fourth-order valence-electron chi connectivity index (χ4n) is 1.13. The van der Waals surface area contributed by atoms with Crippen molar-refractivity contribution in [3.8, 4) is 0 Å². The van der Waals surface area contributed by atoms with Crippen LogP contribution in [0.4, 0.5) is 0 Å². The van der Waals surface area contributed by atoms with Gasteiger partial charge in [-0.15, -0.1) is 0 Å². The second-order valence-corrected chi connectivity index (χ2v) is 3.42. The molecule has 0 fully saturated rings. The number of hydrogen-bond donors (Lipinski definition) is 2. The van der Waals surface area contributed by atoms with E-state index >= 15 is 0 Å². The Morgan fingerprint density at radius 1 is 1.33 bits per heavy atom. The maximum Gasteiger partial charge on any atom is 0.241 e. The van der Waals surface area contributed by atoms with Crippen LogP contribution in [0, 0.1) is 5.92 Å². The largest absolute Gasteiger partial charge is 0.347 e. The SMILES string of the molecule is CCN(CC)C(=O)CNC(=O)C(C)CN. The van der Waals surface area contributed by atoms with Crippen molar-refractivity contribution in [2.24, 2.45) is 11.7 Å². The van der Waals surface area contributed by atoms with Crippen LogP contribution in [-0.2, 0) is 9.59 Å². The Morgan fingerprint density at radius 3 is 2.27 bits per heavy atom. The third-order valence-corrected chi connectivity index (χ3v) is 2.33. The summed E-state index contributed by atoms with van der Waals surface area (Å²) < 4.78 is 0. The quantitative estimate of drug-likeness (QED) is 0.631. The monoisotopic (exact) mass is 215 g/mol. The van der Waals surface area contributed by atoms with Gasteiger partial charge >= 0.3 is 0 Å². The minimum Gasteiger partial charge on any atom is -0.347 e. The molecule has 88 valence electrons. The van der Waals surface area contributed by atoms with Crippen LogP contribution < -0.4 is 11.1 Å². The zero-order valence-corrected chi connectivity index (χ0v) is 9.75. The molecule has 0 aliphatic heterocycles. The molecule has 15 heavy (non-hydrogen) atoms. The van der Waals surface area contributed by atoms with Crippen molar-refractivity contribution < 1.29 is 9.59 Å². The van der Waals surface area contributed by atoms with E-state index in [4.69, 9.17) is 5.73 Å². The van der Waals surface area contributed by atoms with Crippen molar-refractivity contribution in [2.45, 2.75) is 20.8 Å². The topological polar surface area (TPSA) is 75.4 Å². The Morgan fingerprint density at radius 2 is 1.87 bits per heavy atom. The molecule has 5 nitrogen and oxygen atoms in total. The van der Waals surface area contributed by atoms with Gasteiger partial charge in [-0.05, 0) is 13.8 Å². The molecule has 0 aromatic heterocycles. The summed E-state index contributed by atoms with van der Waals surface area (Å²) in [4.78, 5) is 24.5. The molecule has 0 spiro atoms. The van der Waals surface area contributed by atoms with Crippen LogP contribution in [-0.4, -0.2) is 42.9 Å². The molecule has 0 aromatic carbocycles. The average Bonchev–Trinajstić information content (AvgIpc) is 2.26. The van der Waals surface area contributed by atoms with E-state index in [1.807, 2.05) is 13.8 Å². The molecule has 0 aromatic rings. The highest BCUT2D eigenvalue weighted by Crippen LogP contribution is 1.91. The molecule has 1 unspecified atom stereocenters. The first kappa shape index (κ1) is 13.9. The van der Waals surface area contributed by atoms with Gasteiger partial charge in [0.15, 0.2) is 0 Å². The van der Waals surface area contributed by atoms with Gasteiger partial charge in [0.05, 0.1) is 6.54 Å². The van der Waals surface area contributed by atoms with Crippen molar-refractivity contribution >= 4 is 11.8 Å². The van der Waals surface area contributed by atoms with E-state index in [1.165, 1.54) is 0 Å². The van der Waals surface area contributed by atoms with Gasteiger partial charge in [-0.2, -0.15) is 0 Å². The lowest BCUT2D eigenvalue weighted by Gasteiger charge is -2.19. The highest BCUT2D eigenvalue weighted by Gasteiger charge is 2.14. The van der Waals surface area contributed by atoms with E-state index in [9.17, 15) is 9.59 Å². The first-order valence-electron chi connectivity index (χ1n) is 5.32. The van der Waals surface area contributed by atoms with E-state index in [0.717, 1.165) is 0 Å². The molecule has 0 aliphatic carbocycles. The fourth-order valence-corrected chi connectivity index (χ4v) is 1.13. The lowest BCUT2D eigenvalue weighted by atomic mass is 10.2. The van der Waals surface area contributed by atoms with Crippen LogP contribution in [0.5, 0.6) is 0 Å². The molecule has 3 N–H and O–H groups in total. The third kappa shape index (κ3) is 4.78. The number of rotatable bonds is 6. The molecule has 0 rings (SSSR count). The van der Waals surface area contributed by atoms with Crippen LogP contribution in [0.2, 0.25) is 0 Å². The van der Waals surface area contributed by atoms with Gasteiger partial charge in [0.2, 0.25) is 11.8 Å². The smallest absolute Gasteiger partial charge is 0.241 e. The van der Waals surface area contributed by atoms with Crippen molar-refractivity contribution in [2.75, 3.05) is 26.2 Å². The molecule has 2 amide bonds. The van der Waals surface area contributed by atoms with Crippen molar-refractivity contribution in [1.82, 2.24) is 10.2 Å². The van der Waals surface area contributed by atoms with Crippen LogP contribution in [0.25, 0.3) is 0 Å². The van der Waals surface area contributed by atoms with Crippen molar-refractivity contribution in [1.29, 1.82) is 0 Å². The number of nitrogens with two attached hydrogens (primary N) is 1. The highest BCUT2D eigenvalue weighted by atomic mass is 16.2. The number of nitrogens with zero attached hydrogens (tertiary/aromatic N) is 1. The Hall–Kier alpha value is -1.10. The number of carbonyl (C=O) groups excluding carboxylic acids is 2. The summed E-state index contributed by atoms with van der Waals surface area (Å²) in [5, 5.41) is 2.57. The predicted octanol–water partition coefficient (Wildman–Crippen LogP) is -0.434. The Labute approximate surface area is 91.0 Å². The van der Waals surface area contributed by atoms with Gasteiger partial charge in [0.25, 0.3) is 0 Å². The van der Waals surface area contributed by atoms with Crippen LogP contribution >= 0.6 is 0 Å². The van der Waals surface area contributed by atoms with Crippen LogP contribution in [0.3, 0.4) is 0 Å². The highest BCUT2D eigenvalue weighted by molar-refractivity contribution is 5.85. The zero-order valence-electron chi connectivity index (χ0n) is 9.75. The molecule has 5 heteroatoms. The van der Waals surface area contributed by atoms with E-state index in [1.54, 1.807) is 11.8 Å². The van der Waals surface area contributed by atoms with Gasteiger partial charge in [-0.3, -0.25) is 9.59 Å². The van der Waals surface area contributed by atoms with E-state index in [2.05, 4.69) is 5.32 Å². The fraction of sp³-hybridized carbons (Fsp3) is 0.800. The normalized spacial score (nSPS) is 12.0. The first-order valence-corrected chi connectivity index (χ1v) is 5.32. The maximum atomic E-state index is 11.5. The van der Waals surface area contributed by atoms with Crippen LogP contribution in [0.1, 0.15) is 20.8 Å². The minimum absolute atomic E-state index is 0.0578. The van der Waals surface area contributed by atoms with Gasteiger partial charge in [0, 0.05) is 25.6 Å². The molecular formula is C10H21N3O2. The maximum absolute atomic E-state index is 11.5. The number of likely N-dealkylation sites (N-methyl/N-ethyl adjacent to an activating group) is 1. The van der Waals surface area contributed by atoms with Crippen molar-refractivity contribution in [3.05, 3.63) is 0 Å². The second-order valence-electron chi connectivity index (χ2n) is 3.42. The summed E-state index contributed by atoms with van der Waals surface area (Å²) in [6, 6.07) is 0. The lowest BCUT2D eigenvalue weighted by Crippen LogP contribution is -2.42. The number of carbonyl (C=O) groups is 2. The molecule has 0 saturated heterocycles. The van der Waals surface area contributed by atoms with Gasteiger partial charge in [-0.25, -0.2) is 0 Å². The summed E-state index contributed by atoms with van der Waals surface area (Å²) >= 11 is 0. The second kappa shape index (κ2) is 7.23. The van der Waals surface area contributed by atoms with Gasteiger partial charge in [-0.1, -0.05) is 6.92 Å². The summed E-state index contributed by atoms with van der Waals surface area (Å²) in [7, 11) is 0. The van der Waals surface area contributed by atoms with E-state index in [0.29, 0.717) is 19.6 Å². The molecule has 1 atom stereocenters. The third-order valence-electron chi connectivity index (χ3n) is 2.33. The predicted molar refractivity (Wildman–Crippen MR) is 59.2 cm³/mol. The van der Waals surface area contributed by atoms with Gasteiger partial charge < -0.3 is 16.0 Å². The molecule has 0 heterocycles. The van der Waals surface area contributed by atoms with Crippen LogP contribution in [0.15, 0.2) is 0 Å². The zero-order chi connectivity index (χ0) is 11.8. The average molecular weight is 215 g/mol. The minimum atomic E-state index is -0.241. The molecular weight excluding hydrogens is 194 g/mol. The van der Waals surface area contributed by atoms with E-state index in [-0.39, 0.29) is 24.3 Å². The number of nitrogens with one attached hydrogen (secondary N) is 1. The number of hydrogen-bond acceptors (Lipinski definition) is 3. The standard InChI is InChI=1S/C10H21N3O2/c1-4-13(5-2)9(14)7-12-10(15)8(3)6-11/h8H,4-7,11H2,1-3H3,(H,12,15). The Bertz CT molecular complexity index is 215. The molecule has 0 bridgehead atoms. The summed E-state index contributed by atoms with van der Waals surface area (Å²) in [6.45, 7) is 7.24. The lowest BCUT2D eigenvalue weighted by molar-refractivity contribution is -0.133.